The summed E-state index contributed by atoms with van der Waals surface area (Å²) in [6.07, 6.45) is 2.29. The normalized spacial score (nSPS) is 17.1. The number of hydrogen-bond donors (Lipinski definition) is 2. The van der Waals surface area contributed by atoms with Gasteiger partial charge in [0.1, 0.15) is 5.82 Å². The quantitative estimate of drug-likeness (QED) is 0.839. The lowest BCUT2D eigenvalue weighted by atomic mass is 9.87. The topological polar surface area (TPSA) is 58.4 Å². The molecule has 1 heterocycles. The van der Waals surface area contributed by atoms with Crippen molar-refractivity contribution in [2.24, 2.45) is 11.8 Å². The molecule has 0 aromatic heterocycles. The molecule has 0 atom stereocenters. The number of carbonyl (C=O) groups excluding carboxylic acids is 1. The molecule has 1 aromatic carbocycles. The number of nitrogens with zero attached hydrogens (tertiary/aromatic N) is 1. The summed E-state index contributed by atoms with van der Waals surface area (Å²) in [6, 6.07) is 4.23. The van der Waals surface area contributed by atoms with Crippen LogP contribution in [0.3, 0.4) is 0 Å². The smallest absolute Gasteiger partial charge is 0.238 e. The Bertz CT molecular complexity index is 496. The zero-order chi connectivity index (χ0) is 15.4. The van der Waals surface area contributed by atoms with Gasteiger partial charge < -0.3 is 11.1 Å². The van der Waals surface area contributed by atoms with Crippen molar-refractivity contribution >= 4 is 17.3 Å². The molecule has 0 spiro atoms. The van der Waals surface area contributed by atoms with Crippen LogP contribution in [-0.2, 0) is 4.79 Å². The monoisotopic (exact) mass is 293 g/mol. The predicted octanol–water partition coefficient (Wildman–Crippen LogP) is 2.71. The van der Waals surface area contributed by atoms with Crippen LogP contribution in [0.2, 0.25) is 0 Å². The molecule has 5 heteroatoms. The van der Waals surface area contributed by atoms with Crippen molar-refractivity contribution in [3.8, 4) is 0 Å². The Morgan fingerprint density at radius 2 is 2.10 bits per heavy atom. The first-order chi connectivity index (χ1) is 9.95. The average Bonchev–Trinajstić information content (AvgIpc) is 2.43. The Morgan fingerprint density at radius 1 is 1.43 bits per heavy atom. The van der Waals surface area contributed by atoms with E-state index >= 15 is 0 Å². The highest BCUT2D eigenvalue weighted by Gasteiger charge is 2.22. The first kappa shape index (κ1) is 15.8. The molecule has 0 radical (unpaired) electrons. The molecule has 3 N–H and O–H groups in total. The van der Waals surface area contributed by atoms with Gasteiger partial charge in [-0.25, -0.2) is 4.39 Å². The number of nitrogen functional groups attached to an aromatic ring is 1. The van der Waals surface area contributed by atoms with Crippen LogP contribution in [0.4, 0.5) is 15.8 Å². The number of nitrogens with one attached hydrogen (secondary N) is 1. The number of amides is 1. The van der Waals surface area contributed by atoms with Gasteiger partial charge in [0.25, 0.3) is 0 Å². The molecule has 1 fully saturated rings. The van der Waals surface area contributed by atoms with E-state index in [0.717, 1.165) is 31.8 Å². The standard InChI is InChI=1S/C16H24FN3O/c1-11(2)12-5-7-20(8-6-12)10-16(21)19-13-3-4-14(17)15(18)9-13/h3-4,9,11-12H,5-8,10,18H2,1-2H3,(H,19,21). The highest BCUT2D eigenvalue weighted by Crippen LogP contribution is 2.24. The number of benzene rings is 1. The highest BCUT2D eigenvalue weighted by molar-refractivity contribution is 5.92. The summed E-state index contributed by atoms with van der Waals surface area (Å²) in [5, 5.41) is 2.76. The maximum absolute atomic E-state index is 13.1. The Kier molecular flexibility index (Phi) is 5.17. The minimum atomic E-state index is -0.469. The highest BCUT2D eigenvalue weighted by atomic mass is 19.1. The van der Waals surface area contributed by atoms with E-state index in [2.05, 4.69) is 24.1 Å². The summed E-state index contributed by atoms with van der Waals surface area (Å²) >= 11 is 0. The molecular formula is C16H24FN3O. The largest absolute Gasteiger partial charge is 0.396 e. The van der Waals surface area contributed by atoms with Crippen LogP contribution in [0.15, 0.2) is 18.2 Å². The number of halogens is 1. The first-order valence-electron chi connectivity index (χ1n) is 7.53. The number of anilines is 2. The maximum Gasteiger partial charge on any atom is 0.238 e. The van der Waals surface area contributed by atoms with Crippen LogP contribution in [0.5, 0.6) is 0 Å². The SMILES string of the molecule is CC(C)C1CCN(CC(=O)Nc2ccc(F)c(N)c2)CC1. The molecular weight excluding hydrogens is 269 g/mol. The van der Waals surface area contributed by atoms with Crippen LogP contribution in [-0.4, -0.2) is 30.4 Å². The number of piperidine rings is 1. The molecule has 0 unspecified atom stereocenters. The Hall–Kier alpha value is -1.62. The summed E-state index contributed by atoms with van der Waals surface area (Å²) < 4.78 is 13.1. The van der Waals surface area contributed by atoms with Crippen LogP contribution in [0.25, 0.3) is 0 Å². The van der Waals surface area contributed by atoms with E-state index in [1.54, 1.807) is 0 Å². The molecule has 1 aliphatic rings. The fourth-order valence-electron chi connectivity index (χ4n) is 2.80. The van der Waals surface area contributed by atoms with E-state index in [1.807, 2.05) is 0 Å². The summed E-state index contributed by atoms with van der Waals surface area (Å²) in [7, 11) is 0. The minimum absolute atomic E-state index is 0.0468. The second-order valence-electron chi connectivity index (χ2n) is 6.14. The molecule has 0 saturated carbocycles. The van der Waals surface area contributed by atoms with E-state index < -0.39 is 5.82 Å². The lowest BCUT2D eigenvalue weighted by Gasteiger charge is -2.33. The second-order valence-corrected chi connectivity index (χ2v) is 6.14. The van der Waals surface area contributed by atoms with Gasteiger partial charge in [0.05, 0.1) is 12.2 Å². The van der Waals surface area contributed by atoms with Crippen molar-refractivity contribution in [1.29, 1.82) is 0 Å². The summed E-state index contributed by atoms with van der Waals surface area (Å²) in [5.41, 5.74) is 6.07. The van der Waals surface area contributed by atoms with Crippen molar-refractivity contribution in [3.63, 3.8) is 0 Å². The molecule has 0 aliphatic carbocycles. The van der Waals surface area contributed by atoms with Gasteiger partial charge >= 0.3 is 0 Å². The molecule has 116 valence electrons. The Morgan fingerprint density at radius 3 is 2.67 bits per heavy atom. The van der Waals surface area contributed by atoms with Crippen molar-refractivity contribution in [1.82, 2.24) is 4.90 Å². The molecule has 2 rings (SSSR count). The lowest BCUT2D eigenvalue weighted by Crippen LogP contribution is -2.40. The third kappa shape index (κ3) is 4.43. The third-order valence-electron chi connectivity index (χ3n) is 4.22. The summed E-state index contributed by atoms with van der Waals surface area (Å²) in [6.45, 7) is 6.81. The zero-order valence-electron chi connectivity index (χ0n) is 12.7. The van der Waals surface area contributed by atoms with Gasteiger partial charge in [-0.15, -0.1) is 0 Å². The van der Waals surface area contributed by atoms with E-state index in [0.29, 0.717) is 18.2 Å². The third-order valence-corrected chi connectivity index (χ3v) is 4.22. The van der Waals surface area contributed by atoms with Crippen LogP contribution >= 0.6 is 0 Å². The van der Waals surface area contributed by atoms with Crippen molar-refractivity contribution in [3.05, 3.63) is 24.0 Å². The van der Waals surface area contributed by atoms with Crippen molar-refractivity contribution in [2.75, 3.05) is 30.7 Å². The zero-order valence-corrected chi connectivity index (χ0v) is 12.7. The minimum Gasteiger partial charge on any atom is -0.396 e. The maximum atomic E-state index is 13.1. The van der Waals surface area contributed by atoms with E-state index in [4.69, 9.17) is 5.73 Å². The van der Waals surface area contributed by atoms with Gasteiger partial charge in [-0.3, -0.25) is 9.69 Å². The number of carbonyl (C=O) groups is 1. The van der Waals surface area contributed by atoms with Gasteiger partial charge in [0.2, 0.25) is 5.91 Å². The van der Waals surface area contributed by atoms with Gasteiger partial charge in [0, 0.05) is 5.69 Å². The summed E-state index contributed by atoms with van der Waals surface area (Å²) in [5.74, 6) is 0.928. The number of likely N-dealkylation sites (tertiary alicyclic amines) is 1. The molecule has 1 amide bonds. The van der Waals surface area contributed by atoms with Crippen molar-refractivity contribution in [2.45, 2.75) is 26.7 Å². The number of hydrogen-bond acceptors (Lipinski definition) is 3. The van der Waals surface area contributed by atoms with E-state index in [1.165, 1.54) is 18.2 Å². The number of rotatable bonds is 4. The van der Waals surface area contributed by atoms with Gasteiger partial charge in [-0.2, -0.15) is 0 Å². The Labute approximate surface area is 125 Å². The fourth-order valence-corrected chi connectivity index (χ4v) is 2.80. The molecule has 1 saturated heterocycles. The first-order valence-corrected chi connectivity index (χ1v) is 7.53. The van der Waals surface area contributed by atoms with Gasteiger partial charge in [-0.1, -0.05) is 13.8 Å². The van der Waals surface area contributed by atoms with Crippen LogP contribution in [0.1, 0.15) is 26.7 Å². The Balaban J connectivity index is 1.81. The van der Waals surface area contributed by atoms with Crippen LogP contribution in [0, 0.1) is 17.7 Å². The van der Waals surface area contributed by atoms with Gasteiger partial charge in [-0.05, 0) is 56.0 Å². The lowest BCUT2D eigenvalue weighted by molar-refractivity contribution is -0.117. The average molecular weight is 293 g/mol. The molecule has 1 aromatic rings. The summed E-state index contributed by atoms with van der Waals surface area (Å²) in [4.78, 5) is 14.2. The molecule has 21 heavy (non-hydrogen) atoms. The second kappa shape index (κ2) is 6.89. The molecule has 1 aliphatic heterocycles. The predicted molar refractivity (Wildman–Crippen MR) is 83.4 cm³/mol. The van der Waals surface area contributed by atoms with Crippen LogP contribution < -0.4 is 11.1 Å². The number of nitrogens with two attached hydrogens (primary N) is 1. The molecule has 0 bridgehead atoms. The fraction of sp³-hybridized carbons (Fsp3) is 0.562. The van der Waals surface area contributed by atoms with Gasteiger partial charge in [0.15, 0.2) is 0 Å². The van der Waals surface area contributed by atoms with E-state index in [9.17, 15) is 9.18 Å². The van der Waals surface area contributed by atoms with Crippen molar-refractivity contribution < 1.29 is 9.18 Å². The van der Waals surface area contributed by atoms with E-state index in [-0.39, 0.29) is 11.6 Å². The molecule has 4 nitrogen and oxygen atoms in total.